The summed E-state index contributed by atoms with van der Waals surface area (Å²) in [7, 11) is -5.54. The molecule has 7 rings (SSSR count). The van der Waals surface area contributed by atoms with Gasteiger partial charge in [-0.15, -0.1) is 0 Å². The summed E-state index contributed by atoms with van der Waals surface area (Å²) in [5, 5.41) is 230. The smallest absolute Gasteiger partial charge is 0.397 e. The van der Waals surface area contributed by atoms with Gasteiger partial charge in [-0.25, -0.2) is 8.98 Å². The van der Waals surface area contributed by atoms with Crippen molar-refractivity contribution in [3.05, 3.63) is 0 Å². The van der Waals surface area contributed by atoms with Gasteiger partial charge >= 0.3 is 16.4 Å². The zero-order valence-electron chi connectivity index (χ0n) is 53.2. The van der Waals surface area contributed by atoms with Gasteiger partial charge in [0, 0.05) is 34.1 Å². The molecule has 46 nitrogen and oxygen atoms in total. The van der Waals surface area contributed by atoms with Crippen LogP contribution in [0.2, 0.25) is 0 Å². The molecule has 4 amide bonds. The molecule has 0 aromatic carbocycles. The number of amides is 4. The van der Waals surface area contributed by atoms with E-state index >= 15 is 0 Å². The lowest BCUT2D eigenvalue weighted by molar-refractivity contribution is -0.391. The monoisotopic (exact) mass is 1480 g/mol. The molecule has 0 aliphatic carbocycles. The fraction of sp³-hybridized carbons (Fsp3) is 0.906. The highest BCUT2D eigenvalue weighted by Crippen LogP contribution is 2.41. The van der Waals surface area contributed by atoms with E-state index in [2.05, 4.69) is 25.5 Å². The summed E-state index contributed by atoms with van der Waals surface area (Å²) >= 11 is 0. The van der Waals surface area contributed by atoms with Gasteiger partial charge < -0.3 is 185 Å². The molecule has 0 saturated carbocycles. The van der Waals surface area contributed by atoms with Crippen LogP contribution < -0.4 is 21.3 Å². The summed E-state index contributed by atoms with van der Waals surface area (Å²) in [5.74, 6) is -9.14. The molecule has 25 N–H and O–H groups in total. The van der Waals surface area contributed by atoms with E-state index < -0.39 is 313 Å². The Kier molecular flexibility index (Phi) is 29.4. The van der Waals surface area contributed by atoms with Crippen LogP contribution in [-0.2, 0) is 100 Å². The number of aliphatic hydroxyl groups is 19. The van der Waals surface area contributed by atoms with Crippen LogP contribution in [0.5, 0.6) is 0 Å². The number of ether oxygens (including phenoxy) is 13. The normalized spacial score (nSPS) is 44.8. The molecule has 0 bridgehead atoms. The van der Waals surface area contributed by atoms with Gasteiger partial charge in [-0.3, -0.25) is 23.7 Å². The van der Waals surface area contributed by atoms with E-state index in [4.69, 9.17) is 61.6 Å². The summed E-state index contributed by atoms with van der Waals surface area (Å²) in [6.07, 6.45) is -68.1. The number of nitrogens with one attached hydrogen (secondary N) is 4. The molecule has 0 radical (unpaired) electrons. The first-order valence-electron chi connectivity index (χ1n) is 30.9. The third-order valence-electron chi connectivity index (χ3n) is 17.3. The van der Waals surface area contributed by atoms with Crippen molar-refractivity contribution in [2.45, 2.75) is 254 Å². The zero-order valence-corrected chi connectivity index (χ0v) is 54.1. The molecule has 7 aliphatic heterocycles. The topological polar surface area (TPSA) is 722 Å². The molecule has 100 heavy (non-hydrogen) atoms. The van der Waals surface area contributed by atoms with Crippen LogP contribution in [0.4, 0.5) is 0 Å². The second-order valence-corrected chi connectivity index (χ2v) is 25.6. The highest BCUT2D eigenvalue weighted by molar-refractivity contribution is 7.80. The highest BCUT2D eigenvalue weighted by Gasteiger charge is 2.62. The predicted molar refractivity (Wildman–Crippen MR) is 306 cm³/mol. The first-order chi connectivity index (χ1) is 46.9. The van der Waals surface area contributed by atoms with Crippen molar-refractivity contribution in [3.63, 3.8) is 0 Å². The number of aliphatic carboxylic acids is 1. The van der Waals surface area contributed by atoms with Crippen LogP contribution in [0.25, 0.3) is 0 Å². The van der Waals surface area contributed by atoms with E-state index in [1.54, 1.807) is 0 Å². The lowest BCUT2D eigenvalue weighted by atomic mass is 9.88. The second kappa shape index (κ2) is 35.4. The van der Waals surface area contributed by atoms with Crippen LogP contribution in [0, 0.1) is 0 Å². The quantitative estimate of drug-likeness (QED) is 0.0324. The maximum absolute atomic E-state index is 13.2. The second-order valence-electron chi connectivity index (χ2n) is 24.5. The summed E-state index contributed by atoms with van der Waals surface area (Å²) < 4.78 is 113. The largest absolute Gasteiger partial charge is 0.477 e. The van der Waals surface area contributed by atoms with Crippen LogP contribution >= 0.6 is 0 Å². The molecule has 7 heterocycles. The summed E-state index contributed by atoms with van der Waals surface area (Å²) in [5.41, 5.74) is 0. The third-order valence-corrected chi connectivity index (χ3v) is 17.8. The van der Waals surface area contributed by atoms with E-state index in [0.717, 1.165) is 27.7 Å². The minimum atomic E-state index is -5.54. The van der Waals surface area contributed by atoms with E-state index in [9.17, 15) is 139 Å². The van der Waals surface area contributed by atoms with Gasteiger partial charge in [0.25, 0.3) is 5.79 Å². The fourth-order valence-corrected chi connectivity index (χ4v) is 12.8. The van der Waals surface area contributed by atoms with Crippen molar-refractivity contribution in [2.24, 2.45) is 0 Å². The standard InChI is InChI=1S/C53H88N4O42S/c1-13(64)54-25-17(68)5-53(52(81)82,98-42(25)29(70)18(69)6-58)99-45-32(73)21(9-61)90-51(38(45)79)95-41-24(12-86-100(83,84)85)92-48(28(35(41)76)57-16(4)67)97-44-31(72)20(8-60)89-50(37(44)78)94-40-23(11-63)91-47(27(34(40)75)56-15(3)66)96-43-30(71)19(7-59)88-49(36(43)77)93-39-22(10-62)87-46(80)26(33(39)74)55-14(2)65/h17-51,58-63,68-80H,5-12H2,1-4H3,(H,54,64)(H,55,65)(H,56,66)(H,57,67)(H,81,82)(H,83,84,85)/t17-,18+,19+,20+,21+,22+,23+,24+,25+,26+,27+,28+,29+,30-,31-,32-,33+,34+,35+,36+,37+,38+,39+,40+,41+,42+,43-,44-,45-,46+,47-,48-,49-,50-,51-,53-/m0/s1. The highest BCUT2D eigenvalue weighted by atomic mass is 32.3. The van der Waals surface area contributed by atoms with E-state index in [-0.39, 0.29) is 0 Å². The summed E-state index contributed by atoms with van der Waals surface area (Å²) in [4.78, 5) is 63.0. The number of carbonyl (C=O) groups excluding carboxylic acids is 4. The van der Waals surface area contributed by atoms with Gasteiger partial charge in [0.15, 0.2) is 37.7 Å². The van der Waals surface area contributed by atoms with E-state index in [0.29, 0.717) is 0 Å². The van der Waals surface area contributed by atoms with Crippen LogP contribution in [0.1, 0.15) is 34.1 Å². The van der Waals surface area contributed by atoms with Gasteiger partial charge in [-0.1, -0.05) is 0 Å². The third kappa shape index (κ3) is 18.9. The molecule has 7 aliphatic rings. The van der Waals surface area contributed by atoms with Crippen molar-refractivity contribution in [2.75, 3.05) is 46.2 Å². The Morgan fingerprint density at radius 3 is 1.18 bits per heavy atom. The molecule has 7 fully saturated rings. The van der Waals surface area contributed by atoms with Crippen LogP contribution in [0.3, 0.4) is 0 Å². The van der Waals surface area contributed by atoms with Crippen LogP contribution in [0.15, 0.2) is 0 Å². The molecule has 578 valence electrons. The molecular formula is C53H88N4O42S. The Bertz CT molecular complexity index is 2810. The Balaban J connectivity index is 1.14. The molecule has 0 aromatic rings. The van der Waals surface area contributed by atoms with Crippen molar-refractivity contribution in [3.8, 4) is 0 Å². The number of carbonyl (C=O) groups is 5. The van der Waals surface area contributed by atoms with Crippen molar-refractivity contribution in [1.82, 2.24) is 21.3 Å². The first kappa shape index (κ1) is 83.2. The first-order valence-corrected chi connectivity index (χ1v) is 32.3. The van der Waals surface area contributed by atoms with E-state index in [1.807, 2.05) is 0 Å². The fourth-order valence-electron chi connectivity index (χ4n) is 12.5. The molecule has 0 spiro atoms. The number of rotatable bonds is 28. The van der Waals surface area contributed by atoms with Crippen LogP contribution in [-0.4, -0.2) is 411 Å². The van der Waals surface area contributed by atoms with Gasteiger partial charge in [0.05, 0.1) is 58.4 Å². The minimum Gasteiger partial charge on any atom is -0.477 e. The SMILES string of the molecule is CC(=O)N[C@@H]1[C@@H](O)[C@H](O[C@@H]2O[C@H](CO)[C@H](O)[C@H](O[C@@H]3O[C@H](CO)[C@@H](O[C@@H]4O[C@H](CO)[C@H](O)[C@H](O[C@@H]5O[C@H](COS(=O)(=O)O)[C@@H](O[C@@H]6O[C@H](CO)[C@H](O)[C@H](O[C@]7(C(=O)O)C[C@H](O)[C@@H](NC(C)=O)[C@H]([C@H](O)[C@H](O)CO)O7)[C@H]6O)[C@H](O)[C@H]5NC(C)=O)[C@H]4O)[C@H](O)[C@H]3NC(C)=O)[C@H]2O)[C@@H](CO)O[C@H]1O. The molecule has 0 unspecified atom stereocenters. The van der Waals surface area contributed by atoms with Gasteiger partial charge in [0.1, 0.15) is 165 Å². The van der Waals surface area contributed by atoms with Gasteiger partial charge in [0.2, 0.25) is 23.6 Å². The summed E-state index contributed by atoms with van der Waals surface area (Å²) in [6.45, 7) is -4.54. The van der Waals surface area contributed by atoms with Crippen molar-refractivity contribution >= 4 is 40.0 Å². The van der Waals surface area contributed by atoms with Gasteiger partial charge in [-0.2, -0.15) is 8.42 Å². The Morgan fingerprint density at radius 1 is 0.450 bits per heavy atom. The number of carboxylic acid groups (broad SMARTS) is 1. The molecule has 47 heteroatoms. The van der Waals surface area contributed by atoms with Crippen molar-refractivity contribution < 1.29 is 205 Å². The number of hydrogen-bond acceptors (Lipinski definition) is 40. The maximum atomic E-state index is 13.2. The zero-order chi connectivity index (χ0) is 74.5. The number of carboxylic acids is 1. The van der Waals surface area contributed by atoms with Gasteiger partial charge in [-0.05, 0) is 0 Å². The number of aliphatic hydroxyl groups excluding tert-OH is 19. The van der Waals surface area contributed by atoms with Crippen molar-refractivity contribution in [1.29, 1.82) is 0 Å². The van der Waals surface area contributed by atoms with E-state index in [1.165, 1.54) is 0 Å². The summed E-state index contributed by atoms with van der Waals surface area (Å²) in [6, 6.07) is -7.40. The molecule has 36 atom stereocenters. The average Bonchev–Trinajstić information content (AvgIpc) is 0.761. The average molecular weight is 1490 g/mol. The lowest BCUT2D eigenvalue weighted by Gasteiger charge is -2.51. The maximum Gasteiger partial charge on any atom is 0.397 e. The molecule has 7 saturated heterocycles. The Morgan fingerprint density at radius 2 is 0.790 bits per heavy atom. The molecule has 0 aromatic heterocycles. The Labute approximate surface area is 565 Å². The Hall–Kier alpha value is -4.06. The minimum absolute atomic E-state index is 0.757. The predicted octanol–water partition coefficient (Wildman–Crippen LogP) is -16.7. The molecular weight excluding hydrogens is 1400 g/mol. The number of hydrogen-bond donors (Lipinski definition) is 25. The lowest BCUT2D eigenvalue weighted by Crippen LogP contribution is -2.71.